The van der Waals surface area contributed by atoms with Crippen molar-refractivity contribution in [3.8, 4) is 5.75 Å². The van der Waals surface area contributed by atoms with Gasteiger partial charge in [-0.3, -0.25) is 0 Å². The number of nitrogens with one attached hydrogen (secondary N) is 2. The zero-order valence-electron chi connectivity index (χ0n) is 12.2. The summed E-state index contributed by atoms with van der Waals surface area (Å²) in [6.07, 6.45) is 3.42. The lowest BCUT2D eigenvalue weighted by molar-refractivity contribution is 0.342. The van der Waals surface area contributed by atoms with Gasteiger partial charge in [-0.25, -0.2) is 17.5 Å². The highest BCUT2D eigenvalue weighted by Crippen LogP contribution is 2.23. The fourth-order valence-electron chi connectivity index (χ4n) is 2.60. The quantitative estimate of drug-likeness (QED) is 0.867. The Morgan fingerprint density at radius 1 is 1.19 bits per heavy atom. The minimum atomic E-state index is -3.70. The fraction of sp³-hybridized carbons (Fsp3) is 0.571. The molecule has 2 N–H and O–H groups in total. The first-order valence-electron chi connectivity index (χ1n) is 6.99. The molecule has 0 heterocycles. The first-order valence-corrected chi connectivity index (χ1v) is 8.47. The summed E-state index contributed by atoms with van der Waals surface area (Å²) >= 11 is 0. The Bertz CT molecular complexity index is 584. The summed E-state index contributed by atoms with van der Waals surface area (Å²) < 4.78 is 45.6. The highest BCUT2D eigenvalue weighted by atomic mass is 32.2. The fourth-order valence-corrected chi connectivity index (χ4v) is 3.92. The number of benzene rings is 1. The Morgan fingerprint density at radius 2 is 1.81 bits per heavy atom. The van der Waals surface area contributed by atoms with Gasteiger partial charge < -0.3 is 10.1 Å². The smallest absolute Gasteiger partial charge is 0.240 e. The van der Waals surface area contributed by atoms with Crippen molar-refractivity contribution >= 4 is 10.0 Å². The van der Waals surface area contributed by atoms with Crippen LogP contribution in [0, 0.1) is 5.82 Å². The predicted molar refractivity (Wildman–Crippen MR) is 78.4 cm³/mol. The lowest BCUT2D eigenvalue weighted by atomic mass is 9.92. The molecule has 2 rings (SSSR count). The molecule has 0 bridgehead atoms. The first-order chi connectivity index (χ1) is 9.96. The minimum absolute atomic E-state index is 0.0310. The highest BCUT2D eigenvalue weighted by molar-refractivity contribution is 7.89. The van der Waals surface area contributed by atoms with Gasteiger partial charge in [0.15, 0.2) is 11.6 Å². The Kier molecular flexibility index (Phi) is 5.18. The van der Waals surface area contributed by atoms with E-state index in [9.17, 15) is 12.8 Å². The average molecular weight is 316 g/mol. The monoisotopic (exact) mass is 316 g/mol. The van der Waals surface area contributed by atoms with E-state index < -0.39 is 15.8 Å². The van der Waals surface area contributed by atoms with Crippen LogP contribution in [0.15, 0.2) is 23.1 Å². The van der Waals surface area contributed by atoms with Gasteiger partial charge >= 0.3 is 0 Å². The Morgan fingerprint density at radius 3 is 2.33 bits per heavy atom. The lowest BCUT2D eigenvalue weighted by Crippen LogP contribution is -2.41. The van der Waals surface area contributed by atoms with Crippen molar-refractivity contribution in [3.63, 3.8) is 0 Å². The van der Waals surface area contributed by atoms with Gasteiger partial charge in [0.2, 0.25) is 10.0 Å². The van der Waals surface area contributed by atoms with E-state index in [0.717, 1.165) is 31.7 Å². The minimum Gasteiger partial charge on any atom is -0.494 e. The van der Waals surface area contributed by atoms with Gasteiger partial charge in [-0.15, -0.1) is 0 Å². The maximum absolute atomic E-state index is 13.6. The van der Waals surface area contributed by atoms with Crippen molar-refractivity contribution in [3.05, 3.63) is 24.0 Å². The van der Waals surface area contributed by atoms with Crippen molar-refractivity contribution in [2.75, 3.05) is 14.2 Å². The molecule has 0 aromatic heterocycles. The molecule has 0 saturated heterocycles. The molecule has 0 atom stereocenters. The maximum atomic E-state index is 13.6. The predicted octanol–water partition coefficient (Wildman–Crippen LogP) is 1.64. The number of rotatable bonds is 5. The molecule has 1 fully saturated rings. The van der Waals surface area contributed by atoms with E-state index in [1.54, 1.807) is 0 Å². The van der Waals surface area contributed by atoms with Crippen LogP contribution in [0.3, 0.4) is 0 Å². The van der Waals surface area contributed by atoms with Crippen LogP contribution in [0.1, 0.15) is 25.7 Å². The summed E-state index contributed by atoms with van der Waals surface area (Å²) in [6.45, 7) is 0. The van der Waals surface area contributed by atoms with Crippen molar-refractivity contribution in [1.29, 1.82) is 0 Å². The summed E-state index contributed by atoms with van der Waals surface area (Å²) in [4.78, 5) is -0.0726. The third kappa shape index (κ3) is 3.93. The summed E-state index contributed by atoms with van der Waals surface area (Å²) in [5.41, 5.74) is 0. The molecule has 0 aliphatic heterocycles. The van der Waals surface area contributed by atoms with E-state index in [-0.39, 0.29) is 16.7 Å². The van der Waals surface area contributed by atoms with Crippen LogP contribution in [0.2, 0.25) is 0 Å². The Hall–Kier alpha value is -1.18. The van der Waals surface area contributed by atoms with E-state index >= 15 is 0 Å². The van der Waals surface area contributed by atoms with Gasteiger partial charge in [0.05, 0.1) is 12.0 Å². The zero-order valence-corrected chi connectivity index (χ0v) is 13.0. The van der Waals surface area contributed by atoms with Gasteiger partial charge in [-0.1, -0.05) is 0 Å². The third-order valence-electron chi connectivity index (χ3n) is 3.89. The molecule has 1 aromatic rings. The summed E-state index contributed by atoms with van der Waals surface area (Å²) in [5.74, 6) is -0.650. The molecular formula is C14H21FN2O3S. The van der Waals surface area contributed by atoms with Crippen LogP contribution in [0.4, 0.5) is 4.39 Å². The molecule has 1 aromatic carbocycles. The van der Waals surface area contributed by atoms with Crippen LogP contribution in [-0.4, -0.2) is 34.7 Å². The number of ether oxygens (including phenoxy) is 1. The summed E-state index contributed by atoms with van der Waals surface area (Å²) in [6, 6.07) is 4.01. The second-order valence-corrected chi connectivity index (χ2v) is 6.97. The molecular weight excluding hydrogens is 295 g/mol. The van der Waals surface area contributed by atoms with Crippen molar-refractivity contribution in [1.82, 2.24) is 10.0 Å². The third-order valence-corrected chi connectivity index (χ3v) is 5.41. The van der Waals surface area contributed by atoms with Crippen LogP contribution in [0.5, 0.6) is 5.75 Å². The van der Waals surface area contributed by atoms with Crippen LogP contribution in [-0.2, 0) is 10.0 Å². The highest BCUT2D eigenvalue weighted by Gasteiger charge is 2.25. The van der Waals surface area contributed by atoms with E-state index in [2.05, 4.69) is 10.0 Å². The topological polar surface area (TPSA) is 67.4 Å². The van der Waals surface area contributed by atoms with Gasteiger partial charge in [0.1, 0.15) is 0 Å². The van der Waals surface area contributed by atoms with Crippen LogP contribution in [0.25, 0.3) is 0 Å². The molecule has 118 valence electrons. The Labute approximate surface area is 124 Å². The summed E-state index contributed by atoms with van der Waals surface area (Å²) in [7, 11) is -0.447. The number of hydrogen-bond donors (Lipinski definition) is 2. The van der Waals surface area contributed by atoms with Gasteiger partial charge in [-0.2, -0.15) is 0 Å². The van der Waals surface area contributed by atoms with E-state index in [0.29, 0.717) is 6.04 Å². The second kappa shape index (κ2) is 6.72. The van der Waals surface area contributed by atoms with E-state index in [1.165, 1.54) is 19.2 Å². The number of sulfonamides is 1. The largest absolute Gasteiger partial charge is 0.494 e. The molecule has 1 saturated carbocycles. The summed E-state index contributed by atoms with van der Waals surface area (Å²) in [5, 5.41) is 3.20. The molecule has 1 aliphatic rings. The van der Waals surface area contributed by atoms with Crippen molar-refractivity contribution < 1.29 is 17.5 Å². The molecule has 0 radical (unpaired) electrons. The molecule has 1 aliphatic carbocycles. The normalized spacial score (nSPS) is 23.0. The zero-order chi connectivity index (χ0) is 15.5. The van der Waals surface area contributed by atoms with Gasteiger partial charge in [0, 0.05) is 12.1 Å². The molecule has 21 heavy (non-hydrogen) atoms. The molecule has 0 unspecified atom stereocenters. The van der Waals surface area contributed by atoms with E-state index in [1.807, 2.05) is 7.05 Å². The van der Waals surface area contributed by atoms with Crippen LogP contribution >= 0.6 is 0 Å². The molecule has 5 nitrogen and oxygen atoms in total. The first kappa shape index (κ1) is 16.2. The number of halogens is 1. The van der Waals surface area contributed by atoms with E-state index in [4.69, 9.17) is 4.74 Å². The molecule has 0 spiro atoms. The van der Waals surface area contributed by atoms with Crippen LogP contribution < -0.4 is 14.8 Å². The molecule has 7 heteroatoms. The lowest BCUT2D eigenvalue weighted by Gasteiger charge is -2.28. The SMILES string of the molecule is CNC1CCC(NS(=O)(=O)c2ccc(OC)c(F)c2)CC1. The second-order valence-electron chi connectivity index (χ2n) is 5.25. The van der Waals surface area contributed by atoms with Crippen molar-refractivity contribution in [2.24, 2.45) is 0 Å². The number of methoxy groups -OCH3 is 1. The maximum Gasteiger partial charge on any atom is 0.240 e. The molecule has 0 amide bonds. The van der Waals surface area contributed by atoms with Gasteiger partial charge in [-0.05, 0) is 50.9 Å². The standard InChI is InChI=1S/C14H21FN2O3S/c1-16-10-3-5-11(6-4-10)17-21(18,19)12-7-8-14(20-2)13(15)9-12/h7-11,16-17H,3-6H2,1-2H3. The number of hydrogen-bond acceptors (Lipinski definition) is 4. The van der Waals surface area contributed by atoms with Gasteiger partial charge in [0.25, 0.3) is 0 Å². The Balaban J connectivity index is 2.07. The average Bonchev–Trinajstić information content (AvgIpc) is 2.47. The van der Waals surface area contributed by atoms with Crippen molar-refractivity contribution in [2.45, 2.75) is 42.7 Å².